The van der Waals surface area contributed by atoms with E-state index < -0.39 is 11.2 Å². The van der Waals surface area contributed by atoms with Gasteiger partial charge in [-0.25, -0.2) is 4.79 Å². The fraction of sp³-hybridized carbons (Fsp3) is 0.400. The molecule has 1 amide bonds. The third-order valence-electron chi connectivity index (χ3n) is 5.49. The summed E-state index contributed by atoms with van der Waals surface area (Å²) in [5.41, 5.74) is 0.475. The van der Waals surface area contributed by atoms with Crippen LogP contribution in [0.25, 0.3) is 11.2 Å². The first kappa shape index (κ1) is 20.2. The lowest BCUT2D eigenvalue weighted by molar-refractivity contribution is -0.131. The molecule has 0 saturated carbocycles. The summed E-state index contributed by atoms with van der Waals surface area (Å²) in [6.07, 6.45) is 0.475. The molecule has 0 bridgehead atoms. The highest BCUT2D eigenvalue weighted by Crippen LogP contribution is 2.25. The van der Waals surface area contributed by atoms with Gasteiger partial charge in [-0.05, 0) is 11.6 Å². The molecule has 0 aliphatic carbocycles. The SMILES string of the molecule is CCC(=O)N1CCN(c2nc3c(c(=O)[nH]c(=O)n3C)n2Cc2ccccc2Cl)CC1. The van der Waals surface area contributed by atoms with Gasteiger partial charge >= 0.3 is 5.69 Å². The summed E-state index contributed by atoms with van der Waals surface area (Å²) in [5.74, 6) is 0.707. The van der Waals surface area contributed by atoms with E-state index in [0.717, 1.165) is 5.56 Å². The van der Waals surface area contributed by atoms with Crippen molar-refractivity contribution in [2.24, 2.45) is 7.05 Å². The number of aromatic amines is 1. The minimum Gasteiger partial charge on any atom is -0.339 e. The number of carbonyl (C=O) groups excluding carboxylic acids is 1. The molecule has 1 fully saturated rings. The third-order valence-corrected chi connectivity index (χ3v) is 5.86. The number of fused-ring (bicyclic) bond motifs is 1. The van der Waals surface area contributed by atoms with E-state index in [1.807, 2.05) is 34.9 Å². The van der Waals surface area contributed by atoms with E-state index in [1.54, 1.807) is 17.7 Å². The standard InChI is InChI=1S/C20H23ClN6O3/c1-3-15(28)25-8-10-26(11-9-25)19-22-17-16(18(29)23-20(30)24(17)2)27(19)12-13-6-4-5-7-14(13)21/h4-7H,3,8-12H2,1-2H3,(H,23,29,30). The second-order valence-corrected chi connectivity index (χ2v) is 7.71. The Kier molecular flexibility index (Phi) is 5.38. The molecule has 158 valence electrons. The molecule has 1 N–H and O–H groups in total. The Balaban J connectivity index is 1.81. The van der Waals surface area contributed by atoms with E-state index in [-0.39, 0.29) is 5.91 Å². The molecule has 0 spiro atoms. The molecule has 0 atom stereocenters. The number of hydrogen-bond donors (Lipinski definition) is 1. The maximum absolute atomic E-state index is 12.7. The maximum Gasteiger partial charge on any atom is 0.329 e. The fourth-order valence-corrected chi connectivity index (χ4v) is 3.99. The number of rotatable bonds is 4. The van der Waals surface area contributed by atoms with Gasteiger partial charge < -0.3 is 9.80 Å². The van der Waals surface area contributed by atoms with Gasteiger partial charge in [-0.3, -0.25) is 23.7 Å². The first-order valence-corrected chi connectivity index (χ1v) is 10.2. The van der Waals surface area contributed by atoms with Crippen molar-refractivity contribution in [3.63, 3.8) is 0 Å². The van der Waals surface area contributed by atoms with Crippen LogP contribution < -0.4 is 16.1 Å². The average molecular weight is 431 g/mol. The van der Waals surface area contributed by atoms with Crippen LogP contribution in [0.3, 0.4) is 0 Å². The lowest BCUT2D eigenvalue weighted by atomic mass is 10.2. The van der Waals surface area contributed by atoms with Gasteiger partial charge in [0.2, 0.25) is 11.9 Å². The molecule has 1 saturated heterocycles. The van der Waals surface area contributed by atoms with E-state index in [2.05, 4.69) is 9.97 Å². The highest BCUT2D eigenvalue weighted by molar-refractivity contribution is 6.31. The first-order chi connectivity index (χ1) is 14.4. The van der Waals surface area contributed by atoms with Crippen LogP contribution >= 0.6 is 11.6 Å². The van der Waals surface area contributed by atoms with Crippen molar-refractivity contribution in [3.8, 4) is 0 Å². The number of nitrogens with one attached hydrogen (secondary N) is 1. The molecule has 1 aromatic carbocycles. The van der Waals surface area contributed by atoms with Gasteiger partial charge in [-0.1, -0.05) is 36.7 Å². The number of halogens is 1. The molecule has 2 aromatic heterocycles. The zero-order chi connectivity index (χ0) is 21.4. The van der Waals surface area contributed by atoms with Gasteiger partial charge in [-0.2, -0.15) is 4.98 Å². The molecule has 0 unspecified atom stereocenters. The Labute approximate surface area is 177 Å². The highest BCUT2D eigenvalue weighted by Gasteiger charge is 2.26. The zero-order valence-corrected chi connectivity index (χ0v) is 17.6. The number of carbonyl (C=O) groups is 1. The predicted molar refractivity (Wildman–Crippen MR) is 115 cm³/mol. The van der Waals surface area contributed by atoms with Crippen molar-refractivity contribution < 1.29 is 4.79 Å². The summed E-state index contributed by atoms with van der Waals surface area (Å²) < 4.78 is 3.13. The minimum atomic E-state index is -0.514. The number of H-pyrrole nitrogens is 1. The largest absolute Gasteiger partial charge is 0.339 e. The molecular weight excluding hydrogens is 408 g/mol. The van der Waals surface area contributed by atoms with Crippen LogP contribution in [0.4, 0.5) is 5.95 Å². The molecule has 3 aromatic rings. The molecule has 3 heterocycles. The Bertz CT molecular complexity index is 1220. The number of amides is 1. The van der Waals surface area contributed by atoms with E-state index >= 15 is 0 Å². The van der Waals surface area contributed by atoms with Crippen LogP contribution in [0.15, 0.2) is 33.9 Å². The molecule has 9 nitrogen and oxygen atoms in total. The van der Waals surface area contributed by atoms with Gasteiger partial charge in [0.25, 0.3) is 5.56 Å². The number of aryl methyl sites for hydroxylation is 1. The number of anilines is 1. The Morgan fingerprint density at radius 3 is 2.53 bits per heavy atom. The Morgan fingerprint density at radius 2 is 1.87 bits per heavy atom. The van der Waals surface area contributed by atoms with Crippen molar-refractivity contribution in [1.29, 1.82) is 0 Å². The second kappa shape index (κ2) is 7.98. The van der Waals surface area contributed by atoms with Crippen molar-refractivity contribution in [2.75, 3.05) is 31.1 Å². The van der Waals surface area contributed by atoms with Crippen molar-refractivity contribution >= 4 is 34.6 Å². The van der Waals surface area contributed by atoms with Crippen LogP contribution in [-0.2, 0) is 18.4 Å². The van der Waals surface area contributed by atoms with E-state index in [1.165, 1.54) is 4.57 Å². The summed E-state index contributed by atoms with van der Waals surface area (Å²) >= 11 is 6.36. The normalized spacial score (nSPS) is 14.5. The van der Waals surface area contributed by atoms with Crippen LogP contribution in [0.5, 0.6) is 0 Å². The highest BCUT2D eigenvalue weighted by atomic mass is 35.5. The summed E-state index contributed by atoms with van der Waals surface area (Å²) in [4.78, 5) is 47.7. The van der Waals surface area contributed by atoms with Crippen LogP contribution in [0.2, 0.25) is 5.02 Å². The lowest BCUT2D eigenvalue weighted by Crippen LogP contribution is -2.49. The first-order valence-electron chi connectivity index (χ1n) is 9.86. The number of aromatic nitrogens is 4. The lowest BCUT2D eigenvalue weighted by Gasteiger charge is -2.35. The number of hydrogen-bond acceptors (Lipinski definition) is 5. The fourth-order valence-electron chi connectivity index (χ4n) is 3.79. The summed E-state index contributed by atoms with van der Waals surface area (Å²) in [5, 5.41) is 0.588. The molecule has 30 heavy (non-hydrogen) atoms. The molecule has 1 aliphatic heterocycles. The van der Waals surface area contributed by atoms with Crippen molar-refractivity contribution in [2.45, 2.75) is 19.9 Å². The number of nitrogens with zero attached hydrogens (tertiary/aromatic N) is 5. The maximum atomic E-state index is 12.7. The molecule has 1 aliphatic rings. The Morgan fingerprint density at radius 1 is 1.17 bits per heavy atom. The van der Waals surface area contributed by atoms with Crippen molar-refractivity contribution in [1.82, 2.24) is 24.0 Å². The van der Waals surface area contributed by atoms with Gasteiger partial charge in [0.1, 0.15) is 0 Å². The number of piperazine rings is 1. The molecule has 10 heteroatoms. The quantitative estimate of drug-likeness (QED) is 0.670. The van der Waals surface area contributed by atoms with Crippen LogP contribution in [-0.4, -0.2) is 56.1 Å². The van der Waals surface area contributed by atoms with Crippen molar-refractivity contribution in [3.05, 3.63) is 55.7 Å². The molecule has 0 radical (unpaired) electrons. The third kappa shape index (κ3) is 3.49. The van der Waals surface area contributed by atoms with E-state index in [4.69, 9.17) is 11.6 Å². The summed E-state index contributed by atoms with van der Waals surface area (Å²) in [6.45, 7) is 4.52. The average Bonchev–Trinajstić information content (AvgIpc) is 3.13. The summed E-state index contributed by atoms with van der Waals surface area (Å²) in [7, 11) is 1.58. The predicted octanol–water partition coefficient (Wildman–Crippen LogP) is 1.18. The Hall–Kier alpha value is -3.07. The number of benzene rings is 1. The monoisotopic (exact) mass is 430 g/mol. The minimum absolute atomic E-state index is 0.123. The summed E-state index contributed by atoms with van der Waals surface area (Å²) in [6, 6.07) is 7.42. The topological polar surface area (TPSA) is 96.2 Å². The van der Waals surface area contributed by atoms with Crippen LogP contribution in [0.1, 0.15) is 18.9 Å². The molecular formula is C20H23ClN6O3. The smallest absolute Gasteiger partial charge is 0.329 e. The molecule has 4 rings (SSSR count). The second-order valence-electron chi connectivity index (χ2n) is 7.30. The van der Waals surface area contributed by atoms with E-state index in [0.29, 0.717) is 61.3 Å². The van der Waals surface area contributed by atoms with Gasteiger partial charge in [0.15, 0.2) is 11.2 Å². The van der Waals surface area contributed by atoms with Gasteiger partial charge in [0, 0.05) is 44.7 Å². The van der Waals surface area contributed by atoms with Gasteiger partial charge in [-0.15, -0.1) is 0 Å². The zero-order valence-electron chi connectivity index (χ0n) is 16.9. The van der Waals surface area contributed by atoms with Crippen LogP contribution in [0, 0.1) is 0 Å². The van der Waals surface area contributed by atoms with Gasteiger partial charge in [0.05, 0.1) is 6.54 Å². The van der Waals surface area contributed by atoms with E-state index in [9.17, 15) is 14.4 Å². The number of imidazole rings is 1.